The van der Waals surface area contributed by atoms with Crippen molar-refractivity contribution in [2.45, 2.75) is 0 Å². The first-order chi connectivity index (χ1) is 4.25. The quantitative estimate of drug-likeness (QED) is 0.599. The van der Waals surface area contributed by atoms with Crippen LogP contribution >= 0.6 is 9.53 Å². The van der Waals surface area contributed by atoms with E-state index in [4.69, 9.17) is 9.53 Å². The predicted octanol–water partition coefficient (Wildman–Crippen LogP) is 1.13. The summed E-state index contributed by atoms with van der Waals surface area (Å²) in [5.74, 6) is 0. The fourth-order valence-electron chi connectivity index (χ4n) is 0.647. The van der Waals surface area contributed by atoms with E-state index in [0.29, 0.717) is 0 Å². The van der Waals surface area contributed by atoms with Gasteiger partial charge in [0.1, 0.15) is 0 Å². The van der Waals surface area contributed by atoms with E-state index in [9.17, 15) is 0 Å². The minimum absolute atomic E-state index is 0.175. The maximum atomic E-state index is 5.69. The third-order valence-corrected chi connectivity index (χ3v) is 3.10. The van der Waals surface area contributed by atoms with Crippen molar-refractivity contribution >= 4 is 9.53 Å². The van der Waals surface area contributed by atoms with Gasteiger partial charge in [0.05, 0.1) is 0 Å². The first kappa shape index (κ1) is 7.27. The van der Waals surface area contributed by atoms with Crippen molar-refractivity contribution < 1.29 is 16.5 Å². The molecule has 0 fully saturated rings. The van der Waals surface area contributed by atoms with Crippen molar-refractivity contribution in [1.82, 2.24) is 9.13 Å². The van der Waals surface area contributed by atoms with Crippen LogP contribution in [0.2, 0.25) is 0 Å². The number of rotatable bonds is 0. The molecule has 1 rings (SSSR count). The first-order valence-corrected chi connectivity index (χ1v) is 5.25. The molecule has 1 aromatic heterocycles. The van der Waals surface area contributed by atoms with Crippen molar-refractivity contribution in [3.63, 3.8) is 0 Å². The van der Waals surface area contributed by atoms with Crippen LogP contribution in [0, 0.1) is 3.89 Å². The summed E-state index contributed by atoms with van der Waals surface area (Å²) >= 11 is 0.175. The van der Waals surface area contributed by atoms with E-state index in [1.54, 1.807) is 0 Å². The van der Waals surface area contributed by atoms with Gasteiger partial charge in [0, 0.05) is 0 Å². The monoisotopic (exact) mass is 237 g/mol. The number of nitrogens with zero attached hydrogens (tertiary/aromatic N) is 2. The molecule has 0 aliphatic heterocycles. The maximum absolute atomic E-state index is 5.69. The summed E-state index contributed by atoms with van der Waals surface area (Å²) < 4.78 is 5.23. The molecule has 0 aromatic carbocycles. The molecule has 0 saturated heterocycles. The summed E-state index contributed by atoms with van der Waals surface area (Å²) in [5.41, 5.74) is 0. The first-order valence-electron chi connectivity index (χ1n) is 2.47. The molecule has 0 N–H and O–H groups in total. The van der Waals surface area contributed by atoms with E-state index in [1.807, 2.05) is 35.6 Å². The third kappa shape index (κ3) is 1.35. The molecule has 0 bridgehead atoms. The summed E-state index contributed by atoms with van der Waals surface area (Å²) in [7, 11) is 9.68. The average Bonchev–Trinajstić information content (AvgIpc) is 2.12. The average molecular weight is 238 g/mol. The van der Waals surface area contributed by atoms with Crippen LogP contribution in [-0.4, -0.2) is 9.13 Å². The van der Waals surface area contributed by atoms with Crippen LogP contribution in [0.15, 0.2) is 12.4 Å². The van der Waals surface area contributed by atoms with Gasteiger partial charge in [0.15, 0.2) is 0 Å². The van der Waals surface area contributed by atoms with Gasteiger partial charge in [-0.05, 0) is 0 Å². The molecule has 2 nitrogen and oxygen atoms in total. The Kier molecular flexibility index (Phi) is 2.29. The summed E-state index contributed by atoms with van der Waals surface area (Å²) in [6, 6.07) is 0. The van der Waals surface area contributed by atoms with E-state index in [2.05, 4.69) is 0 Å². The molecule has 55 valence electrons. The zero-order valence-electron chi connectivity index (χ0n) is 5.24. The summed E-state index contributed by atoms with van der Waals surface area (Å²) in [6.45, 7) is 0. The van der Waals surface area contributed by atoms with E-state index in [-0.39, 0.29) is 16.5 Å². The Balaban J connectivity index is 3.42. The summed E-state index contributed by atoms with van der Waals surface area (Å²) in [4.78, 5) is 0. The molecule has 9 heavy (non-hydrogen) atoms. The van der Waals surface area contributed by atoms with E-state index < -0.39 is 0 Å². The second-order valence-electron chi connectivity index (χ2n) is 1.82. The van der Waals surface area contributed by atoms with Crippen molar-refractivity contribution in [2.24, 2.45) is 14.1 Å². The topological polar surface area (TPSA) is 9.86 Å². The molecule has 0 saturated carbocycles. The second kappa shape index (κ2) is 2.83. The van der Waals surface area contributed by atoms with Crippen LogP contribution in [0.5, 0.6) is 0 Å². The molecule has 0 radical (unpaired) electrons. The zero-order valence-corrected chi connectivity index (χ0v) is 7.55. The van der Waals surface area contributed by atoms with Gasteiger partial charge in [-0.25, -0.2) is 0 Å². The number of aryl methyl sites for hydroxylation is 2. The number of hydrogen-bond acceptors (Lipinski definition) is 0. The molecule has 0 unspecified atom stereocenters. The molecular weight excluding hydrogens is 230 g/mol. The minimum atomic E-state index is 0.175. The summed E-state index contributed by atoms with van der Waals surface area (Å²) in [6.07, 6.45) is 3.99. The summed E-state index contributed by atoms with van der Waals surface area (Å²) in [5, 5.41) is 0. The van der Waals surface area contributed by atoms with Gasteiger partial charge in [-0.15, -0.1) is 0 Å². The second-order valence-corrected chi connectivity index (χ2v) is 3.52. The molecule has 1 heterocycles. The third-order valence-electron chi connectivity index (χ3n) is 1.11. The van der Waals surface area contributed by atoms with Gasteiger partial charge in [0.2, 0.25) is 0 Å². The van der Waals surface area contributed by atoms with Crippen LogP contribution in [0.25, 0.3) is 0 Å². The van der Waals surface area contributed by atoms with Crippen LogP contribution in [-0.2, 0) is 30.6 Å². The van der Waals surface area contributed by atoms with Gasteiger partial charge >= 0.3 is 65.5 Å². The van der Waals surface area contributed by atoms with Gasteiger partial charge in [-0.1, -0.05) is 0 Å². The fourth-order valence-corrected chi connectivity index (χ4v) is 2.29. The number of aromatic nitrogens is 2. The van der Waals surface area contributed by atoms with Crippen LogP contribution in [0.3, 0.4) is 0 Å². The molecular formula is C5H8ClN2Pd. The Hall–Kier alpha value is 0.162. The molecule has 0 amide bonds. The number of imidazole rings is 1. The molecule has 4 heteroatoms. The standard InChI is InChI=1S/C5H8N2.ClH.Pd/c1-6-3-4-7(2)5-6;;/h3-4H,1-2H3;1H;/q;;+1/p-1. The van der Waals surface area contributed by atoms with Gasteiger partial charge in [-0.2, -0.15) is 0 Å². The molecule has 0 atom stereocenters. The van der Waals surface area contributed by atoms with Crippen molar-refractivity contribution in [2.75, 3.05) is 0 Å². The Morgan fingerprint density at radius 2 is 1.78 bits per heavy atom. The van der Waals surface area contributed by atoms with Crippen molar-refractivity contribution in [1.29, 1.82) is 0 Å². The predicted molar refractivity (Wildman–Crippen MR) is 33.5 cm³/mol. The Morgan fingerprint density at radius 1 is 1.33 bits per heavy atom. The van der Waals surface area contributed by atoms with Crippen LogP contribution in [0.4, 0.5) is 0 Å². The number of halogens is 1. The number of hydrogen-bond donors (Lipinski definition) is 0. The SMILES string of the molecule is Cn1ccn(C)[c]1=[Pd][Cl]. The van der Waals surface area contributed by atoms with E-state index in [1.165, 1.54) is 3.89 Å². The normalized spacial score (nSPS) is 10.6. The zero-order chi connectivity index (χ0) is 6.85. The van der Waals surface area contributed by atoms with Gasteiger partial charge in [-0.3, -0.25) is 0 Å². The van der Waals surface area contributed by atoms with E-state index in [0.717, 1.165) is 0 Å². The van der Waals surface area contributed by atoms with Crippen molar-refractivity contribution in [3.8, 4) is 0 Å². The fraction of sp³-hybridized carbons (Fsp3) is 0.400. The van der Waals surface area contributed by atoms with E-state index >= 15 is 0 Å². The Bertz CT molecular complexity index is 238. The van der Waals surface area contributed by atoms with Crippen molar-refractivity contribution in [3.05, 3.63) is 16.3 Å². The molecule has 0 aliphatic rings. The Labute approximate surface area is 65.7 Å². The molecule has 0 aliphatic carbocycles. The van der Waals surface area contributed by atoms with Gasteiger partial charge < -0.3 is 0 Å². The van der Waals surface area contributed by atoms with Gasteiger partial charge in [0.25, 0.3) is 0 Å². The van der Waals surface area contributed by atoms with Crippen LogP contribution < -0.4 is 0 Å². The Morgan fingerprint density at radius 3 is 2.00 bits per heavy atom. The molecule has 1 aromatic rings. The van der Waals surface area contributed by atoms with Crippen LogP contribution in [0.1, 0.15) is 0 Å². The molecule has 0 spiro atoms.